The fraction of sp³-hybridized carbons (Fsp3) is 0.182. The monoisotopic (exact) mass is 257 g/mol. The molecule has 0 atom stereocenters. The van der Waals surface area contributed by atoms with Gasteiger partial charge in [-0.2, -0.15) is 18.4 Å². The van der Waals surface area contributed by atoms with Gasteiger partial charge in [0.2, 0.25) is 0 Å². The smallest absolute Gasteiger partial charge is 0.417 e. The van der Waals surface area contributed by atoms with Crippen LogP contribution in [0.15, 0.2) is 12.1 Å². The molecule has 0 unspecified atom stereocenters. The van der Waals surface area contributed by atoms with Crippen LogP contribution in [0.1, 0.15) is 31.8 Å². The third kappa shape index (κ3) is 2.48. The van der Waals surface area contributed by atoms with Gasteiger partial charge in [-0.15, -0.1) is 0 Å². The van der Waals surface area contributed by atoms with Crippen molar-refractivity contribution in [1.82, 2.24) is 0 Å². The SMILES string of the molecule is COC(=O)c1c(C#N)cc(C=O)cc1C(F)(F)F. The Kier molecular flexibility index (Phi) is 3.71. The molecular weight excluding hydrogens is 251 g/mol. The Balaban J connectivity index is 3.70. The normalized spacial score (nSPS) is 10.6. The lowest BCUT2D eigenvalue weighted by molar-refractivity contribution is -0.138. The lowest BCUT2D eigenvalue weighted by atomic mass is 9.98. The van der Waals surface area contributed by atoms with Gasteiger partial charge < -0.3 is 4.74 Å². The van der Waals surface area contributed by atoms with E-state index < -0.39 is 28.8 Å². The molecule has 0 aromatic heterocycles. The summed E-state index contributed by atoms with van der Waals surface area (Å²) < 4.78 is 42.4. The molecule has 0 bridgehead atoms. The molecule has 0 heterocycles. The maximum atomic E-state index is 12.7. The highest BCUT2D eigenvalue weighted by atomic mass is 19.4. The Labute approximate surface area is 99.6 Å². The van der Waals surface area contributed by atoms with Gasteiger partial charge in [-0.1, -0.05) is 0 Å². The minimum atomic E-state index is -4.87. The number of hydrogen-bond acceptors (Lipinski definition) is 4. The minimum Gasteiger partial charge on any atom is -0.465 e. The number of rotatable bonds is 2. The van der Waals surface area contributed by atoms with Crippen LogP contribution in [0.25, 0.3) is 0 Å². The van der Waals surface area contributed by atoms with Crippen LogP contribution in [0.2, 0.25) is 0 Å². The van der Waals surface area contributed by atoms with E-state index in [2.05, 4.69) is 4.74 Å². The number of nitrogens with zero attached hydrogens (tertiary/aromatic N) is 1. The molecule has 0 fully saturated rings. The second kappa shape index (κ2) is 4.87. The van der Waals surface area contributed by atoms with Crippen molar-refractivity contribution in [3.8, 4) is 6.07 Å². The Morgan fingerprint density at radius 2 is 2.06 bits per heavy atom. The van der Waals surface area contributed by atoms with Crippen LogP contribution in [-0.4, -0.2) is 19.4 Å². The number of benzene rings is 1. The number of ether oxygens (including phenoxy) is 1. The maximum Gasteiger partial charge on any atom is 0.417 e. The van der Waals surface area contributed by atoms with E-state index >= 15 is 0 Å². The summed E-state index contributed by atoms with van der Waals surface area (Å²) in [6, 6.07) is 2.84. The Bertz CT molecular complexity index is 544. The van der Waals surface area contributed by atoms with Crippen molar-refractivity contribution < 1.29 is 27.5 Å². The van der Waals surface area contributed by atoms with Crippen molar-refractivity contribution in [2.45, 2.75) is 6.18 Å². The second-order valence-corrected chi connectivity index (χ2v) is 3.21. The molecule has 7 heteroatoms. The molecular formula is C11H6F3NO3. The third-order valence-electron chi connectivity index (χ3n) is 2.11. The quantitative estimate of drug-likeness (QED) is 0.601. The summed E-state index contributed by atoms with van der Waals surface area (Å²) in [4.78, 5) is 21.8. The highest BCUT2D eigenvalue weighted by molar-refractivity contribution is 5.95. The first-order valence-corrected chi connectivity index (χ1v) is 4.54. The number of nitriles is 1. The average molecular weight is 257 g/mol. The van der Waals surface area contributed by atoms with Crippen molar-refractivity contribution >= 4 is 12.3 Å². The van der Waals surface area contributed by atoms with E-state index in [0.29, 0.717) is 6.07 Å². The standard InChI is InChI=1S/C11H6F3NO3/c1-18-10(17)9-7(4-15)2-6(5-16)3-8(9)11(12,13)14/h2-3,5H,1H3. The molecule has 0 spiro atoms. The molecule has 1 aromatic rings. The van der Waals surface area contributed by atoms with Gasteiger partial charge in [-0.25, -0.2) is 4.79 Å². The van der Waals surface area contributed by atoms with Gasteiger partial charge in [0.05, 0.1) is 23.8 Å². The summed E-state index contributed by atoms with van der Waals surface area (Å²) in [5, 5.41) is 8.73. The third-order valence-corrected chi connectivity index (χ3v) is 2.11. The number of esters is 1. The van der Waals surface area contributed by atoms with E-state index in [0.717, 1.165) is 13.2 Å². The van der Waals surface area contributed by atoms with E-state index in [4.69, 9.17) is 5.26 Å². The van der Waals surface area contributed by atoms with Gasteiger partial charge in [0.25, 0.3) is 0 Å². The van der Waals surface area contributed by atoms with E-state index in [1.165, 1.54) is 6.07 Å². The molecule has 4 nitrogen and oxygen atoms in total. The zero-order chi connectivity index (χ0) is 13.9. The Hall–Kier alpha value is -2.36. The van der Waals surface area contributed by atoms with Crippen LogP contribution in [0.5, 0.6) is 0 Å². The number of hydrogen-bond donors (Lipinski definition) is 0. The Morgan fingerprint density at radius 3 is 2.44 bits per heavy atom. The second-order valence-electron chi connectivity index (χ2n) is 3.21. The first kappa shape index (κ1) is 13.7. The summed E-state index contributed by atoms with van der Waals surface area (Å²) in [6.07, 6.45) is -4.70. The van der Waals surface area contributed by atoms with Crippen LogP contribution >= 0.6 is 0 Å². The van der Waals surface area contributed by atoms with Crippen LogP contribution in [0, 0.1) is 11.3 Å². The summed E-state index contributed by atoms with van der Waals surface area (Å²) >= 11 is 0. The van der Waals surface area contributed by atoms with Crippen molar-refractivity contribution in [3.63, 3.8) is 0 Å². The highest BCUT2D eigenvalue weighted by Crippen LogP contribution is 2.34. The van der Waals surface area contributed by atoms with Crippen molar-refractivity contribution in [2.75, 3.05) is 7.11 Å². The molecule has 0 saturated heterocycles. The maximum absolute atomic E-state index is 12.7. The van der Waals surface area contributed by atoms with Gasteiger partial charge in [0, 0.05) is 5.56 Å². The largest absolute Gasteiger partial charge is 0.465 e. The van der Waals surface area contributed by atoms with Crippen molar-refractivity contribution in [2.24, 2.45) is 0 Å². The molecule has 0 saturated carbocycles. The van der Waals surface area contributed by atoms with Crippen LogP contribution in [0.3, 0.4) is 0 Å². The number of aldehydes is 1. The molecule has 0 aliphatic heterocycles. The number of halogens is 3. The Morgan fingerprint density at radius 1 is 1.44 bits per heavy atom. The molecule has 1 rings (SSSR count). The molecule has 0 radical (unpaired) electrons. The van der Waals surface area contributed by atoms with E-state index in [-0.39, 0.29) is 11.8 Å². The number of carbonyl (C=O) groups is 2. The molecule has 18 heavy (non-hydrogen) atoms. The zero-order valence-corrected chi connectivity index (χ0v) is 9.04. The van der Waals surface area contributed by atoms with Gasteiger partial charge >= 0.3 is 12.1 Å². The topological polar surface area (TPSA) is 67.2 Å². The summed E-state index contributed by atoms with van der Waals surface area (Å²) in [5.41, 5.74) is -3.15. The van der Waals surface area contributed by atoms with E-state index in [1.54, 1.807) is 0 Å². The van der Waals surface area contributed by atoms with Gasteiger partial charge in [0.1, 0.15) is 12.4 Å². The molecule has 1 aromatic carbocycles. The van der Waals surface area contributed by atoms with Crippen molar-refractivity contribution in [1.29, 1.82) is 5.26 Å². The highest BCUT2D eigenvalue weighted by Gasteiger charge is 2.37. The lowest BCUT2D eigenvalue weighted by Crippen LogP contribution is -2.16. The summed E-state index contributed by atoms with van der Waals surface area (Å²) in [6.45, 7) is 0. The average Bonchev–Trinajstić information content (AvgIpc) is 2.34. The summed E-state index contributed by atoms with van der Waals surface area (Å²) in [7, 11) is 0.900. The first-order valence-electron chi connectivity index (χ1n) is 4.54. The van der Waals surface area contributed by atoms with Gasteiger partial charge in [0.15, 0.2) is 0 Å². The molecule has 94 valence electrons. The molecule has 0 aliphatic carbocycles. The fourth-order valence-corrected chi connectivity index (χ4v) is 1.37. The minimum absolute atomic E-state index is 0.164. The lowest BCUT2D eigenvalue weighted by Gasteiger charge is -2.13. The number of carbonyl (C=O) groups excluding carboxylic acids is 2. The molecule has 0 N–H and O–H groups in total. The van der Waals surface area contributed by atoms with Gasteiger partial charge in [-0.05, 0) is 12.1 Å². The number of methoxy groups -OCH3 is 1. The van der Waals surface area contributed by atoms with Gasteiger partial charge in [-0.3, -0.25) is 4.79 Å². The van der Waals surface area contributed by atoms with Crippen molar-refractivity contribution in [3.05, 3.63) is 34.4 Å². The van der Waals surface area contributed by atoms with Crippen LogP contribution in [0.4, 0.5) is 13.2 Å². The van der Waals surface area contributed by atoms with Crippen LogP contribution in [-0.2, 0) is 10.9 Å². The van der Waals surface area contributed by atoms with E-state index in [9.17, 15) is 22.8 Å². The van der Waals surface area contributed by atoms with Crippen LogP contribution < -0.4 is 0 Å². The summed E-state index contributed by atoms with van der Waals surface area (Å²) in [5.74, 6) is -1.28. The predicted octanol–water partition coefficient (Wildman–Crippen LogP) is 2.18. The first-order chi connectivity index (χ1) is 8.35. The molecule has 0 aliphatic rings. The molecule has 0 amide bonds. The fourth-order valence-electron chi connectivity index (χ4n) is 1.37. The van der Waals surface area contributed by atoms with E-state index in [1.807, 2.05) is 0 Å². The zero-order valence-electron chi connectivity index (χ0n) is 9.04. The number of alkyl halides is 3. The predicted molar refractivity (Wildman–Crippen MR) is 52.9 cm³/mol.